The summed E-state index contributed by atoms with van der Waals surface area (Å²) in [5.41, 5.74) is 0.431. The molecular weight excluding hydrogens is 208 g/mol. The van der Waals surface area contributed by atoms with Crippen LogP contribution in [0.15, 0.2) is 29.1 Å². The van der Waals surface area contributed by atoms with E-state index in [1.807, 2.05) is 6.07 Å². The van der Waals surface area contributed by atoms with E-state index in [0.717, 1.165) is 0 Å². The third kappa shape index (κ3) is 1.82. The van der Waals surface area contributed by atoms with Gasteiger partial charge in [-0.3, -0.25) is 4.79 Å². The van der Waals surface area contributed by atoms with Crippen LogP contribution in [0.2, 0.25) is 0 Å². The quantitative estimate of drug-likeness (QED) is 0.790. The van der Waals surface area contributed by atoms with Gasteiger partial charge in [-0.2, -0.15) is 0 Å². The Morgan fingerprint density at radius 1 is 1.25 bits per heavy atom. The second-order valence-corrected chi connectivity index (χ2v) is 3.27. The van der Waals surface area contributed by atoms with Gasteiger partial charge in [-0.1, -0.05) is 12.1 Å². The molecule has 1 aromatic heterocycles. The van der Waals surface area contributed by atoms with Gasteiger partial charge in [-0.15, -0.1) is 0 Å². The number of benzene rings is 1. The molecule has 16 heavy (non-hydrogen) atoms. The molecule has 0 aliphatic heterocycles. The zero-order valence-electron chi connectivity index (χ0n) is 9.06. The number of rotatable bonds is 3. The normalized spacial score (nSPS) is 11.2. The van der Waals surface area contributed by atoms with Gasteiger partial charge < -0.3 is 14.5 Å². The van der Waals surface area contributed by atoms with Crippen LogP contribution in [0.5, 0.6) is 0 Å². The summed E-state index contributed by atoms with van der Waals surface area (Å²) < 4.78 is 10.1. The van der Waals surface area contributed by atoms with Gasteiger partial charge >= 0.3 is 0 Å². The summed E-state index contributed by atoms with van der Waals surface area (Å²) in [4.78, 5) is 18.6. The molecule has 1 aromatic carbocycles. The molecule has 0 atom stereocenters. The highest BCUT2D eigenvalue weighted by molar-refractivity contribution is 5.77. The van der Waals surface area contributed by atoms with Crippen molar-refractivity contribution < 1.29 is 9.47 Å². The summed E-state index contributed by atoms with van der Waals surface area (Å²) in [6.45, 7) is 0. The Bertz CT molecular complexity index is 546. The highest BCUT2D eigenvalue weighted by Gasteiger charge is 2.13. The first kappa shape index (κ1) is 10.8. The minimum absolute atomic E-state index is 0.195. The third-order valence-electron chi connectivity index (χ3n) is 2.28. The lowest BCUT2D eigenvalue weighted by atomic mass is 10.2. The standard InChI is InChI=1S/C11H12N2O3/c1-15-11(16-2)9-12-8-6-4-3-5-7(8)10(14)13-9/h3-6,11H,1-2H3,(H,12,13,14). The predicted octanol–water partition coefficient (Wildman–Crippen LogP) is 1.21. The zero-order chi connectivity index (χ0) is 11.5. The van der Waals surface area contributed by atoms with Crippen LogP contribution < -0.4 is 5.56 Å². The second-order valence-electron chi connectivity index (χ2n) is 3.27. The fourth-order valence-corrected chi connectivity index (χ4v) is 1.54. The molecule has 0 spiro atoms. The van der Waals surface area contributed by atoms with Crippen LogP contribution in [0.4, 0.5) is 0 Å². The van der Waals surface area contributed by atoms with Crippen LogP contribution in [0, 0.1) is 0 Å². The van der Waals surface area contributed by atoms with Gasteiger partial charge in [0.2, 0.25) is 6.29 Å². The molecule has 1 heterocycles. The number of hydrogen-bond acceptors (Lipinski definition) is 4. The Labute approximate surface area is 92.0 Å². The molecular formula is C11H12N2O3. The molecule has 5 nitrogen and oxygen atoms in total. The van der Waals surface area contributed by atoms with Crippen molar-refractivity contribution in [1.29, 1.82) is 0 Å². The van der Waals surface area contributed by atoms with Crippen LogP contribution in [0.25, 0.3) is 10.9 Å². The summed E-state index contributed by atoms with van der Waals surface area (Å²) in [6, 6.07) is 7.12. The van der Waals surface area contributed by atoms with Crippen molar-refractivity contribution in [2.24, 2.45) is 0 Å². The summed E-state index contributed by atoms with van der Waals surface area (Å²) >= 11 is 0. The minimum Gasteiger partial charge on any atom is -0.349 e. The molecule has 84 valence electrons. The average molecular weight is 220 g/mol. The van der Waals surface area contributed by atoms with Crippen molar-refractivity contribution in [1.82, 2.24) is 9.97 Å². The molecule has 0 fully saturated rings. The van der Waals surface area contributed by atoms with Gasteiger partial charge in [0.25, 0.3) is 5.56 Å². The molecule has 5 heteroatoms. The minimum atomic E-state index is -0.655. The Kier molecular flexibility index (Phi) is 2.98. The number of nitrogens with zero attached hydrogens (tertiary/aromatic N) is 1. The molecule has 0 amide bonds. The van der Waals surface area contributed by atoms with Gasteiger partial charge in [-0.25, -0.2) is 4.98 Å². The van der Waals surface area contributed by atoms with Crippen molar-refractivity contribution in [3.63, 3.8) is 0 Å². The van der Waals surface area contributed by atoms with E-state index in [1.54, 1.807) is 18.2 Å². The fourth-order valence-electron chi connectivity index (χ4n) is 1.54. The predicted molar refractivity (Wildman–Crippen MR) is 59.1 cm³/mol. The van der Waals surface area contributed by atoms with Crippen LogP contribution in [-0.2, 0) is 9.47 Å². The third-order valence-corrected chi connectivity index (χ3v) is 2.28. The number of fused-ring (bicyclic) bond motifs is 1. The Morgan fingerprint density at radius 2 is 1.94 bits per heavy atom. The summed E-state index contributed by atoms with van der Waals surface area (Å²) in [5.74, 6) is 0.369. The van der Waals surface area contributed by atoms with E-state index in [1.165, 1.54) is 14.2 Å². The summed E-state index contributed by atoms with van der Waals surface area (Å²) in [6.07, 6.45) is -0.655. The lowest BCUT2D eigenvalue weighted by molar-refractivity contribution is -0.111. The first-order valence-corrected chi connectivity index (χ1v) is 4.81. The topological polar surface area (TPSA) is 64.2 Å². The van der Waals surface area contributed by atoms with E-state index < -0.39 is 6.29 Å². The number of aromatic nitrogens is 2. The van der Waals surface area contributed by atoms with Gasteiger partial charge in [0.05, 0.1) is 10.9 Å². The Morgan fingerprint density at radius 3 is 2.62 bits per heavy atom. The summed E-state index contributed by atoms with van der Waals surface area (Å²) in [5, 5.41) is 0.553. The molecule has 0 radical (unpaired) electrons. The number of methoxy groups -OCH3 is 2. The number of para-hydroxylation sites is 1. The van der Waals surface area contributed by atoms with Crippen molar-refractivity contribution >= 4 is 10.9 Å². The number of nitrogens with one attached hydrogen (secondary N) is 1. The van der Waals surface area contributed by atoms with Gasteiger partial charge in [0, 0.05) is 14.2 Å². The van der Waals surface area contributed by atoms with E-state index in [9.17, 15) is 4.79 Å². The molecule has 2 aromatic rings. The van der Waals surface area contributed by atoms with Crippen LogP contribution >= 0.6 is 0 Å². The van der Waals surface area contributed by atoms with Crippen LogP contribution in [-0.4, -0.2) is 24.2 Å². The first-order chi connectivity index (χ1) is 7.76. The van der Waals surface area contributed by atoms with Crippen LogP contribution in [0.3, 0.4) is 0 Å². The molecule has 0 bridgehead atoms. The van der Waals surface area contributed by atoms with E-state index in [-0.39, 0.29) is 5.56 Å². The highest BCUT2D eigenvalue weighted by Crippen LogP contribution is 2.13. The van der Waals surface area contributed by atoms with Gasteiger partial charge in [-0.05, 0) is 12.1 Å². The van der Waals surface area contributed by atoms with Crippen molar-refractivity contribution in [3.8, 4) is 0 Å². The number of ether oxygens (including phenoxy) is 2. The number of H-pyrrole nitrogens is 1. The van der Waals surface area contributed by atoms with E-state index in [2.05, 4.69) is 9.97 Å². The SMILES string of the molecule is COC(OC)c1nc2ccccc2c(=O)[nH]1. The number of aromatic amines is 1. The first-order valence-electron chi connectivity index (χ1n) is 4.81. The fraction of sp³-hybridized carbons (Fsp3) is 0.273. The molecule has 0 aliphatic carbocycles. The zero-order valence-corrected chi connectivity index (χ0v) is 9.06. The highest BCUT2D eigenvalue weighted by atomic mass is 16.7. The van der Waals surface area contributed by atoms with Crippen LogP contribution in [0.1, 0.15) is 12.1 Å². The Balaban J connectivity index is 2.62. The van der Waals surface area contributed by atoms with Crippen molar-refractivity contribution in [3.05, 3.63) is 40.4 Å². The van der Waals surface area contributed by atoms with Crippen molar-refractivity contribution in [2.75, 3.05) is 14.2 Å². The molecule has 1 N–H and O–H groups in total. The molecule has 0 saturated carbocycles. The van der Waals surface area contributed by atoms with E-state index >= 15 is 0 Å². The van der Waals surface area contributed by atoms with E-state index in [0.29, 0.717) is 16.7 Å². The maximum atomic E-state index is 11.7. The molecule has 0 unspecified atom stereocenters. The average Bonchev–Trinajstić information content (AvgIpc) is 2.31. The lowest BCUT2D eigenvalue weighted by Gasteiger charge is -2.12. The molecule has 0 aliphatic rings. The van der Waals surface area contributed by atoms with Gasteiger partial charge in [0.15, 0.2) is 5.82 Å². The second kappa shape index (κ2) is 4.42. The van der Waals surface area contributed by atoms with Crippen molar-refractivity contribution in [2.45, 2.75) is 6.29 Å². The lowest BCUT2D eigenvalue weighted by Crippen LogP contribution is -2.16. The monoisotopic (exact) mass is 220 g/mol. The van der Waals surface area contributed by atoms with E-state index in [4.69, 9.17) is 9.47 Å². The maximum absolute atomic E-state index is 11.7. The smallest absolute Gasteiger partial charge is 0.258 e. The van der Waals surface area contributed by atoms with Gasteiger partial charge in [0.1, 0.15) is 0 Å². The summed E-state index contributed by atoms with van der Waals surface area (Å²) in [7, 11) is 2.98. The largest absolute Gasteiger partial charge is 0.349 e. The number of hydrogen-bond donors (Lipinski definition) is 1. The molecule has 2 rings (SSSR count). The Hall–Kier alpha value is -1.72. The molecule has 0 saturated heterocycles. The maximum Gasteiger partial charge on any atom is 0.258 e.